The molecule has 0 saturated heterocycles. The standard InChI is InChI=1S/C13H19N5O2/c14-18-11-4-1-3-10(17-11)13(20)15-8-2-5-12(19)16-9-6-7-9/h1,3-4,9H,2,5-8,14H2,(H,15,20)(H,16,19)(H,17,18). The molecule has 1 fully saturated rings. The van der Waals surface area contributed by atoms with Gasteiger partial charge in [-0.05, 0) is 31.4 Å². The van der Waals surface area contributed by atoms with Crippen molar-refractivity contribution in [3.63, 3.8) is 0 Å². The lowest BCUT2D eigenvalue weighted by atomic mass is 10.2. The van der Waals surface area contributed by atoms with E-state index in [1.807, 2.05) is 0 Å². The van der Waals surface area contributed by atoms with Gasteiger partial charge in [0.25, 0.3) is 5.91 Å². The maximum absolute atomic E-state index is 11.8. The van der Waals surface area contributed by atoms with Crippen molar-refractivity contribution in [1.82, 2.24) is 15.6 Å². The highest BCUT2D eigenvalue weighted by Gasteiger charge is 2.22. The summed E-state index contributed by atoms with van der Waals surface area (Å²) >= 11 is 0. The lowest BCUT2D eigenvalue weighted by Gasteiger charge is -2.06. The summed E-state index contributed by atoms with van der Waals surface area (Å²) in [6, 6.07) is 5.35. The Balaban J connectivity index is 1.67. The molecule has 0 bridgehead atoms. The average molecular weight is 277 g/mol. The van der Waals surface area contributed by atoms with Crippen LogP contribution in [0.15, 0.2) is 18.2 Å². The predicted octanol–water partition coefficient (Wildman–Crippen LogP) is 0.156. The second-order valence-electron chi connectivity index (χ2n) is 4.75. The fraction of sp³-hybridized carbons (Fsp3) is 0.462. The minimum atomic E-state index is -0.273. The SMILES string of the molecule is NNc1cccc(C(=O)NCCCC(=O)NC2CC2)n1. The van der Waals surface area contributed by atoms with Gasteiger partial charge < -0.3 is 16.1 Å². The third kappa shape index (κ3) is 4.51. The number of pyridine rings is 1. The van der Waals surface area contributed by atoms with Crippen molar-refractivity contribution >= 4 is 17.6 Å². The van der Waals surface area contributed by atoms with Crippen molar-refractivity contribution in [3.05, 3.63) is 23.9 Å². The van der Waals surface area contributed by atoms with Gasteiger partial charge in [-0.15, -0.1) is 0 Å². The molecule has 7 heteroatoms. The highest BCUT2D eigenvalue weighted by Crippen LogP contribution is 2.18. The largest absolute Gasteiger partial charge is 0.353 e. The summed E-state index contributed by atoms with van der Waals surface area (Å²) in [5, 5.41) is 5.63. The summed E-state index contributed by atoms with van der Waals surface area (Å²) in [5.74, 6) is 5.44. The Bertz CT molecular complexity index is 487. The average Bonchev–Trinajstić information content (AvgIpc) is 3.27. The number of nitrogens with two attached hydrogens (primary N) is 1. The molecule has 0 aliphatic heterocycles. The van der Waals surface area contributed by atoms with Crippen molar-refractivity contribution in [1.29, 1.82) is 0 Å². The predicted molar refractivity (Wildman–Crippen MR) is 74.8 cm³/mol. The number of hydrazine groups is 1. The highest BCUT2D eigenvalue weighted by molar-refractivity contribution is 5.92. The Morgan fingerprint density at radius 1 is 1.35 bits per heavy atom. The molecule has 20 heavy (non-hydrogen) atoms. The van der Waals surface area contributed by atoms with E-state index in [0.717, 1.165) is 12.8 Å². The molecular weight excluding hydrogens is 258 g/mol. The number of rotatable bonds is 7. The molecule has 1 heterocycles. The van der Waals surface area contributed by atoms with E-state index in [1.165, 1.54) is 0 Å². The van der Waals surface area contributed by atoms with Gasteiger partial charge in [-0.2, -0.15) is 0 Å². The zero-order chi connectivity index (χ0) is 14.4. The summed E-state index contributed by atoms with van der Waals surface area (Å²) in [6.07, 6.45) is 3.20. The molecule has 0 spiro atoms. The monoisotopic (exact) mass is 277 g/mol. The van der Waals surface area contributed by atoms with E-state index in [1.54, 1.807) is 18.2 Å². The van der Waals surface area contributed by atoms with Crippen molar-refractivity contribution in [2.75, 3.05) is 12.0 Å². The van der Waals surface area contributed by atoms with Gasteiger partial charge in [0.05, 0.1) is 0 Å². The molecule has 2 rings (SSSR count). The van der Waals surface area contributed by atoms with Gasteiger partial charge in [0.15, 0.2) is 0 Å². The van der Waals surface area contributed by atoms with Crippen LogP contribution in [-0.2, 0) is 4.79 Å². The van der Waals surface area contributed by atoms with E-state index in [-0.39, 0.29) is 11.8 Å². The molecule has 1 saturated carbocycles. The van der Waals surface area contributed by atoms with Crippen LogP contribution in [0.3, 0.4) is 0 Å². The second kappa shape index (κ2) is 6.85. The Morgan fingerprint density at radius 3 is 2.85 bits per heavy atom. The van der Waals surface area contributed by atoms with Crippen LogP contribution in [0.4, 0.5) is 5.82 Å². The quantitative estimate of drug-likeness (QED) is 0.322. The van der Waals surface area contributed by atoms with Crippen molar-refractivity contribution in [2.24, 2.45) is 5.84 Å². The first-order chi connectivity index (χ1) is 9.69. The third-order valence-corrected chi connectivity index (χ3v) is 2.94. The normalized spacial score (nSPS) is 13.7. The molecule has 108 valence electrons. The topological polar surface area (TPSA) is 109 Å². The number of aromatic nitrogens is 1. The van der Waals surface area contributed by atoms with E-state index in [9.17, 15) is 9.59 Å². The number of nitrogen functional groups attached to an aromatic ring is 1. The first-order valence-electron chi connectivity index (χ1n) is 6.70. The molecule has 0 radical (unpaired) electrons. The molecule has 5 N–H and O–H groups in total. The van der Waals surface area contributed by atoms with Crippen molar-refractivity contribution in [3.8, 4) is 0 Å². The molecule has 0 aromatic carbocycles. The fourth-order valence-corrected chi connectivity index (χ4v) is 1.71. The van der Waals surface area contributed by atoms with Crippen LogP contribution in [0.5, 0.6) is 0 Å². The van der Waals surface area contributed by atoms with Crippen LogP contribution in [0.2, 0.25) is 0 Å². The van der Waals surface area contributed by atoms with Gasteiger partial charge in [0, 0.05) is 19.0 Å². The van der Waals surface area contributed by atoms with Crippen molar-refractivity contribution in [2.45, 2.75) is 31.7 Å². The smallest absolute Gasteiger partial charge is 0.269 e. The van der Waals surface area contributed by atoms with Crippen LogP contribution < -0.4 is 21.9 Å². The number of carbonyl (C=O) groups excluding carboxylic acids is 2. The molecule has 2 amide bonds. The number of anilines is 1. The van der Waals surface area contributed by atoms with Crippen molar-refractivity contribution < 1.29 is 9.59 Å². The lowest BCUT2D eigenvalue weighted by molar-refractivity contribution is -0.121. The van der Waals surface area contributed by atoms with Crippen LogP contribution in [0, 0.1) is 0 Å². The van der Waals surface area contributed by atoms with Gasteiger partial charge in [-0.25, -0.2) is 10.8 Å². The number of hydrogen-bond donors (Lipinski definition) is 4. The Kier molecular flexibility index (Phi) is 4.89. The van der Waals surface area contributed by atoms with Crippen LogP contribution in [-0.4, -0.2) is 29.4 Å². The Morgan fingerprint density at radius 2 is 2.15 bits per heavy atom. The van der Waals surface area contributed by atoms with Gasteiger partial charge in [-0.3, -0.25) is 9.59 Å². The van der Waals surface area contributed by atoms with Crippen LogP contribution in [0.25, 0.3) is 0 Å². The molecule has 0 atom stereocenters. The summed E-state index contributed by atoms with van der Waals surface area (Å²) < 4.78 is 0. The second-order valence-corrected chi connectivity index (χ2v) is 4.75. The first-order valence-corrected chi connectivity index (χ1v) is 6.70. The highest BCUT2D eigenvalue weighted by atomic mass is 16.2. The minimum Gasteiger partial charge on any atom is -0.353 e. The van der Waals surface area contributed by atoms with E-state index in [2.05, 4.69) is 21.0 Å². The number of nitrogens with one attached hydrogen (secondary N) is 3. The zero-order valence-electron chi connectivity index (χ0n) is 11.2. The van der Waals surface area contributed by atoms with E-state index in [4.69, 9.17) is 5.84 Å². The maximum Gasteiger partial charge on any atom is 0.269 e. The van der Waals surface area contributed by atoms with Crippen LogP contribution in [0.1, 0.15) is 36.2 Å². The number of amides is 2. The number of nitrogens with zero attached hydrogens (tertiary/aromatic N) is 1. The third-order valence-electron chi connectivity index (χ3n) is 2.94. The molecule has 1 aromatic heterocycles. The van der Waals surface area contributed by atoms with Crippen LogP contribution >= 0.6 is 0 Å². The lowest BCUT2D eigenvalue weighted by Crippen LogP contribution is -2.29. The Labute approximate surface area is 117 Å². The molecule has 7 nitrogen and oxygen atoms in total. The summed E-state index contributed by atoms with van der Waals surface area (Å²) in [7, 11) is 0. The molecule has 1 aliphatic rings. The first kappa shape index (κ1) is 14.3. The zero-order valence-corrected chi connectivity index (χ0v) is 11.2. The van der Waals surface area contributed by atoms with E-state index < -0.39 is 0 Å². The number of hydrogen-bond acceptors (Lipinski definition) is 5. The summed E-state index contributed by atoms with van der Waals surface area (Å²) in [4.78, 5) is 27.3. The fourth-order valence-electron chi connectivity index (χ4n) is 1.71. The van der Waals surface area contributed by atoms with Gasteiger partial charge >= 0.3 is 0 Å². The number of carbonyl (C=O) groups is 2. The van der Waals surface area contributed by atoms with Gasteiger partial charge in [-0.1, -0.05) is 6.07 Å². The molecule has 0 unspecified atom stereocenters. The van der Waals surface area contributed by atoms with Gasteiger partial charge in [0.1, 0.15) is 11.5 Å². The summed E-state index contributed by atoms with van der Waals surface area (Å²) in [5.41, 5.74) is 2.68. The van der Waals surface area contributed by atoms with Gasteiger partial charge in [0.2, 0.25) is 5.91 Å². The van der Waals surface area contributed by atoms with E-state index in [0.29, 0.717) is 36.9 Å². The molecule has 1 aromatic rings. The molecular formula is C13H19N5O2. The molecule has 1 aliphatic carbocycles. The summed E-state index contributed by atoms with van der Waals surface area (Å²) in [6.45, 7) is 0.443. The maximum atomic E-state index is 11.8. The Hall–Kier alpha value is -2.15. The van der Waals surface area contributed by atoms with E-state index >= 15 is 0 Å². The minimum absolute atomic E-state index is 0.0502.